The molecule has 1 aromatic heterocycles. The molecule has 10 heteroatoms. The summed E-state index contributed by atoms with van der Waals surface area (Å²) in [4.78, 5) is 6.47. The molecular formula is C11H16ClF3IN3OS. The van der Waals surface area contributed by atoms with E-state index in [4.69, 9.17) is 16.7 Å². The van der Waals surface area contributed by atoms with E-state index < -0.39 is 18.8 Å². The van der Waals surface area contributed by atoms with E-state index in [9.17, 15) is 13.2 Å². The highest BCUT2D eigenvalue weighted by Crippen LogP contribution is 2.22. The summed E-state index contributed by atoms with van der Waals surface area (Å²) >= 11 is 7.19. The molecule has 1 aromatic rings. The Bertz CT molecular complexity index is 470. The molecule has 0 aliphatic rings. The number of hydrogen-bond donors (Lipinski definition) is 2. The molecule has 0 radical (unpaired) electrons. The molecule has 0 bridgehead atoms. The third-order valence-corrected chi connectivity index (χ3v) is 3.64. The second-order valence-electron chi connectivity index (χ2n) is 4.05. The minimum atomic E-state index is -4.65. The molecule has 0 aliphatic carbocycles. The van der Waals surface area contributed by atoms with Gasteiger partial charge in [0.25, 0.3) is 0 Å². The first kappa shape index (κ1) is 20.7. The number of aliphatic hydroxyl groups excluding tert-OH is 1. The molecule has 1 atom stereocenters. The summed E-state index contributed by atoms with van der Waals surface area (Å²) in [6.45, 7) is -0.190. The fraction of sp³-hybridized carbons (Fsp3) is 0.545. The molecule has 4 nitrogen and oxygen atoms in total. The van der Waals surface area contributed by atoms with E-state index in [0.29, 0.717) is 10.9 Å². The number of halogens is 5. The Kier molecular flexibility index (Phi) is 8.90. The molecule has 0 spiro atoms. The van der Waals surface area contributed by atoms with Gasteiger partial charge in [0.1, 0.15) is 0 Å². The minimum Gasteiger partial charge on any atom is -0.382 e. The Hall–Kier alpha value is -0.260. The Morgan fingerprint density at radius 2 is 2.14 bits per heavy atom. The predicted molar refractivity (Wildman–Crippen MR) is 89.6 cm³/mol. The van der Waals surface area contributed by atoms with Gasteiger partial charge >= 0.3 is 6.18 Å². The van der Waals surface area contributed by atoms with Gasteiger partial charge < -0.3 is 15.3 Å². The maximum Gasteiger partial charge on any atom is 0.416 e. The van der Waals surface area contributed by atoms with Crippen molar-refractivity contribution in [1.29, 1.82) is 0 Å². The summed E-state index contributed by atoms with van der Waals surface area (Å²) in [6, 6.07) is 3.58. The van der Waals surface area contributed by atoms with Crippen LogP contribution in [0.15, 0.2) is 17.1 Å². The van der Waals surface area contributed by atoms with E-state index in [1.54, 1.807) is 18.0 Å². The van der Waals surface area contributed by atoms with E-state index in [0.717, 1.165) is 4.88 Å². The lowest BCUT2D eigenvalue weighted by molar-refractivity contribution is -0.201. The van der Waals surface area contributed by atoms with E-state index in [1.165, 1.54) is 18.4 Å². The highest BCUT2D eigenvalue weighted by molar-refractivity contribution is 14.0. The lowest BCUT2D eigenvalue weighted by atomic mass is 10.3. The number of aliphatic hydroxyl groups is 1. The molecule has 1 rings (SSSR count). The number of hydrogen-bond acceptors (Lipinski definition) is 3. The number of guanidine groups is 1. The minimum absolute atomic E-state index is 0. The summed E-state index contributed by atoms with van der Waals surface area (Å²) in [7, 11) is 3.14. The smallest absolute Gasteiger partial charge is 0.382 e. The van der Waals surface area contributed by atoms with Crippen LogP contribution in [-0.2, 0) is 6.54 Å². The zero-order valence-corrected chi connectivity index (χ0v) is 15.2. The number of alkyl halides is 3. The van der Waals surface area contributed by atoms with Crippen molar-refractivity contribution in [3.8, 4) is 0 Å². The van der Waals surface area contributed by atoms with Crippen molar-refractivity contribution in [3.05, 3.63) is 21.3 Å². The lowest BCUT2D eigenvalue weighted by Gasteiger charge is -2.23. The summed E-state index contributed by atoms with van der Waals surface area (Å²) in [6.07, 6.45) is -7.07. The Labute approximate surface area is 147 Å². The van der Waals surface area contributed by atoms with Crippen LogP contribution in [0.4, 0.5) is 13.2 Å². The molecule has 0 saturated carbocycles. The van der Waals surface area contributed by atoms with Gasteiger partial charge in [0.15, 0.2) is 12.1 Å². The molecule has 0 aliphatic heterocycles. The van der Waals surface area contributed by atoms with Crippen molar-refractivity contribution in [1.82, 2.24) is 10.2 Å². The molecule has 21 heavy (non-hydrogen) atoms. The summed E-state index contributed by atoms with van der Waals surface area (Å²) in [5, 5.41) is 11.4. The predicted octanol–water partition coefficient (Wildman–Crippen LogP) is 2.95. The van der Waals surface area contributed by atoms with Crippen molar-refractivity contribution in [2.24, 2.45) is 4.99 Å². The fourth-order valence-corrected chi connectivity index (χ4v) is 2.57. The van der Waals surface area contributed by atoms with Gasteiger partial charge in [-0.15, -0.1) is 35.3 Å². The summed E-state index contributed by atoms with van der Waals surface area (Å²) in [5.74, 6) is 0.262. The average molecular weight is 458 g/mol. The number of nitrogens with zero attached hydrogens (tertiary/aromatic N) is 2. The fourth-order valence-electron chi connectivity index (χ4n) is 1.43. The van der Waals surface area contributed by atoms with Crippen molar-refractivity contribution in [2.75, 3.05) is 20.6 Å². The first-order valence-electron chi connectivity index (χ1n) is 5.64. The van der Waals surface area contributed by atoms with Crippen molar-refractivity contribution >= 4 is 52.9 Å². The monoisotopic (exact) mass is 457 g/mol. The van der Waals surface area contributed by atoms with Gasteiger partial charge in [0.05, 0.1) is 17.4 Å². The zero-order valence-electron chi connectivity index (χ0n) is 11.3. The lowest BCUT2D eigenvalue weighted by Crippen LogP contribution is -2.45. The van der Waals surface area contributed by atoms with Crippen LogP contribution >= 0.6 is 46.9 Å². The van der Waals surface area contributed by atoms with Gasteiger partial charge in [-0.25, -0.2) is 0 Å². The van der Waals surface area contributed by atoms with Crippen LogP contribution in [-0.4, -0.2) is 48.9 Å². The molecule has 1 unspecified atom stereocenters. The standard InChI is InChI=1S/C11H15ClF3N3OS.HI/c1-16-10(17-5-8(19)11(13,14)15)18(2)6-7-3-4-9(12)20-7;/h3-4,8,19H,5-6H2,1-2H3,(H,16,17);1H. The van der Waals surface area contributed by atoms with Crippen LogP contribution in [0.5, 0.6) is 0 Å². The first-order valence-corrected chi connectivity index (χ1v) is 6.84. The molecule has 1 heterocycles. The van der Waals surface area contributed by atoms with E-state index >= 15 is 0 Å². The maximum atomic E-state index is 12.2. The second-order valence-corrected chi connectivity index (χ2v) is 5.85. The highest BCUT2D eigenvalue weighted by Gasteiger charge is 2.38. The van der Waals surface area contributed by atoms with E-state index in [-0.39, 0.29) is 29.9 Å². The SMILES string of the molecule is CN=C(NCC(O)C(F)(F)F)N(C)Cc1ccc(Cl)s1.I. The van der Waals surface area contributed by atoms with Crippen LogP contribution in [0.3, 0.4) is 0 Å². The molecule has 0 amide bonds. The van der Waals surface area contributed by atoms with Crippen molar-refractivity contribution in [3.63, 3.8) is 0 Å². The highest BCUT2D eigenvalue weighted by atomic mass is 127. The topological polar surface area (TPSA) is 47.9 Å². The molecule has 0 fully saturated rings. The third kappa shape index (κ3) is 7.02. The van der Waals surface area contributed by atoms with Gasteiger partial charge in [0, 0.05) is 19.0 Å². The van der Waals surface area contributed by atoms with E-state index in [2.05, 4.69) is 10.3 Å². The molecule has 0 aromatic carbocycles. The molecular weight excluding hydrogens is 442 g/mol. The number of rotatable bonds is 4. The average Bonchev–Trinajstić information content (AvgIpc) is 2.74. The number of nitrogens with one attached hydrogen (secondary N) is 1. The first-order chi connectivity index (χ1) is 9.24. The normalized spacial score (nSPS) is 13.6. The molecule has 122 valence electrons. The van der Waals surface area contributed by atoms with Crippen molar-refractivity contribution < 1.29 is 18.3 Å². The Morgan fingerprint density at radius 1 is 1.52 bits per heavy atom. The van der Waals surface area contributed by atoms with Crippen LogP contribution in [0.1, 0.15) is 4.88 Å². The van der Waals surface area contributed by atoms with Gasteiger partial charge in [-0.05, 0) is 12.1 Å². The number of thiophene rings is 1. The maximum absolute atomic E-state index is 12.2. The molecule has 2 N–H and O–H groups in total. The van der Waals surface area contributed by atoms with Crippen LogP contribution in [0, 0.1) is 0 Å². The van der Waals surface area contributed by atoms with E-state index in [1.807, 2.05) is 6.07 Å². The summed E-state index contributed by atoms with van der Waals surface area (Å²) < 4.78 is 37.2. The van der Waals surface area contributed by atoms with Crippen molar-refractivity contribution in [2.45, 2.75) is 18.8 Å². The second kappa shape index (κ2) is 9.01. The summed E-state index contributed by atoms with van der Waals surface area (Å²) in [5.41, 5.74) is 0. The Balaban J connectivity index is 0.00000400. The zero-order chi connectivity index (χ0) is 15.3. The van der Waals surface area contributed by atoms with Crippen LogP contribution in [0.2, 0.25) is 4.34 Å². The number of aliphatic imine (C=N–C) groups is 1. The van der Waals surface area contributed by atoms with Crippen LogP contribution < -0.4 is 5.32 Å². The quantitative estimate of drug-likeness (QED) is 0.415. The van der Waals surface area contributed by atoms with Crippen LogP contribution in [0.25, 0.3) is 0 Å². The van der Waals surface area contributed by atoms with Gasteiger partial charge in [-0.3, -0.25) is 4.99 Å². The third-order valence-electron chi connectivity index (χ3n) is 2.43. The van der Waals surface area contributed by atoms with Gasteiger partial charge in [0.2, 0.25) is 0 Å². The largest absolute Gasteiger partial charge is 0.416 e. The Morgan fingerprint density at radius 3 is 2.57 bits per heavy atom. The van der Waals surface area contributed by atoms with Gasteiger partial charge in [-0.1, -0.05) is 11.6 Å². The molecule has 0 saturated heterocycles. The van der Waals surface area contributed by atoms with Gasteiger partial charge in [-0.2, -0.15) is 13.2 Å².